The Morgan fingerprint density at radius 3 is 2.48 bits per heavy atom. The van der Waals surface area contributed by atoms with Crippen LogP contribution in [0.1, 0.15) is 5.82 Å². The minimum absolute atomic E-state index is 0.0512. The summed E-state index contributed by atoms with van der Waals surface area (Å²) in [6.07, 6.45) is -4.72. The van der Waals surface area contributed by atoms with Gasteiger partial charge in [-0.2, -0.15) is 18.2 Å². The van der Waals surface area contributed by atoms with Crippen molar-refractivity contribution < 1.29 is 22.3 Å². The van der Waals surface area contributed by atoms with Crippen molar-refractivity contribution in [2.24, 2.45) is 0 Å². The summed E-state index contributed by atoms with van der Waals surface area (Å²) in [5.74, 6) is -2.38. The second kappa shape index (κ2) is 5.72. The van der Waals surface area contributed by atoms with Gasteiger partial charge in [0, 0.05) is 19.2 Å². The first-order chi connectivity index (χ1) is 9.79. The summed E-state index contributed by atoms with van der Waals surface area (Å²) < 4.78 is 56.1. The predicted molar refractivity (Wildman–Crippen MR) is 68.1 cm³/mol. The van der Waals surface area contributed by atoms with Crippen LogP contribution >= 0.6 is 11.6 Å². The Hall–Kier alpha value is -2.09. The van der Waals surface area contributed by atoms with Crippen LogP contribution in [-0.4, -0.2) is 17.0 Å². The second-order valence-electron chi connectivity index (χ2n) is 3.84. The van der Waals surface area contributed by atoms with E-state index in [4.69, 9.17) is 16.3 Å². The highest BCUT2D eigenvalue weighted by Crippen LogP contribution is 2.31. The van der Waals surface area contributed by atoms with Crippen molar-refractivity contribution in [1.82, 2.24) is 9.97 Å². The molecule has 1 aromatic heterocycles. The fourth-order valence-electron chi connectivity index (χ4n) is 1.39. The maximum atomic E-state index is 13.0. The van der Waals surface area contributed by atoms with Crippen LogP contribution < -0.4 is 10.1 Å². The van der Waals surface area contributed by atoms with E-state index in [0.717, 1.165) is 12.1 Å². The van der Waals surface area contributed by atoms with Gasteiger partial charge in [0.15, 0.2) is 0 Å². The van der Waals surface area contributed by atoms with Gasteiger partial charge in [0.05, 0.1) is 5.02 Å². The van der Waals surface area contributed by atoms with Crippen molar-refractivity contribution in [3.63, 3.8) is 0 Å². The van der Waals surface area contributed by atoms with E-state index in [0.29, 0.717) is 0 Å². The molecule has 0 saturated carbocycles. The van der Waals surface area contributed by atoms with Gasteiger partial charge in [-0.25, -0.2) is 9.37 Å². The number of hydrogen-bond donors (Lipinski definition) is 1. The van der Waals surface area contributed by atoms with Crippen LogP contribution in [0.3, 0.4) is 0 Å². The molecule has 0 fully saturated rings. The van der Waals surface area contributed by atoms with Gasteiger partial charge in [-0.3, -0.25) is 0 Å². The average molecular weight is 322 g/mol. The molecule has 1 N–H and O–H groups in total. The molecule has 0 atom stereocenters. The lowest BCUT2D eigenvalue weighted by Gasteiger charge is -2.11. The van der Waals surface area contributed by atoms with Crippen molar-refractivity contribution in [3.8, 4) is 11.6 Å². The number of halogens is 5. The predicted octanol–water partition coefficient (Wildman–Crippen LogP) is 4.12. The van der Waals surface area contributed by atoms with Crippen LogP contribution in [0.4, 0.5) is 23.4 Å². The van der Waals surface area contributed by atoms with E-state index in [2.05, 4.69) is 15.3 Å². The Morgan fingerprint density at radius 2 is 1.90 bits per heavy atom. The maximum absolute atomic E-state index is 13.0. The Kier molecular flexibility index (Phi) is 4.17. The smallest absolute Gasteiger partial charge is 0.439 e. The van der Waals surface area contributed by atoms with Crippen molar-refractivity contribution in [1.29, 1.82) is 0 Å². The van der Waals surface area contributed by atoms with Gasteiger partial charge in [-0.05, 0) is 12.1 Å². The summed E-state index contributed by atoms with van der Waals surface area (Å²) in [6.45, 7) is 0. The van der Waals surface area contributed by atoms with Gasteiger partial charge in [-0.15, -0.1) is 0 Å². The van der Waals surface area contributed by atoms with Gasteiger partial charge in [-0.1, -0.05) is 11.6 Å². The first kappa shape index (κ1) is 15.3. The molecule has 0 aliphatic carbocycles. The van der Waals surface area contributed by atoms with Crippen LogP contribution in [0.25, 0.3) is 0 Å². The zero-order valence-corrected chi connectivity index (χ0v) is 11.3. The van der Waals surface area contributed by atoms with Gasteiger partial charge in [0.1, 0.15) is 17.4 Å². The Bertz CT molecular complexity index is 663. The van der Waals surface area contributed by atoms with E-state index in [1.54, 1.807) is 0 Å². The molecule has 2 rings (SSSR count). The third-order valence-corrected chi connectivity index (χ3v) is 2.62. The fraction of sp³-hybridized carbons (Fsp3) is 0.167. The van der Waals surface area contributed by atoms with Crippen LogP contribution in [0.5, 0.6) is 11.6 Å². The van der Waals surface area contributed by atoms with E-state index in [1.807, 2.05) is 0 Å². The van der Waals surface area contributed by atoms with Gasteiger partial charge < -0.3 is 10.1 Å². The Labute approximate surface area is 121 Å². The van der Waals surface area contributed by atoms with E-state index in [-0.39, 0.29) is 22.5 Å². The number of ether oxygens (including phenoxy) is 1. The number of aromatic nitrogens is 2. The number of alkyl halides is 3. The summed E-state index contributed by atoms with van der Waals surface area (Å²) in [7, 11) is 1.40. The molecule has 4 nitrogen and oxygen atoms in total. The summed E-state index contributed by atoms with van der Waals surface area (Å²) >= 11 is 5.56. The number of rotatable bonds is 3. The molecule has 0 spiro atoms. The molecule has 0 aliphatic heterocycles. The first-order valence-electron chi connectivity index (χ1n) is 5.56. The molecule has 1 heterocycles. The highest BCUT2D eigenvalue weighted by atomic mass is 35.5. The lowest BCUT2D eigenvalue weighted by atomic mass is 10.3. The molecule has 2 aromatic rings. The summed E-state index contributed by atoms with van der Waals surface area (Å²) in [6, 6.07) is 4.55. The van der Waals surface area contributed by atoms with E-state index < -0.39 is 17.8 Å². The maximum Gasteiger partial charge on any atom is 0.451 e. The topological polar surface area (TPSA) is 47.0 Å². The van der Waals surface area contributed by atoms with Crippen molar-refractivity contribution >= 4 is 17.4 Å². The number of nitrogens with zero attached hydrogens (tertiary/aromatic N) is 2. The standard InChI is InChI=1S/C12H8ClF4N3O/c1-18-9-5-10(20-11(19-9)12(15,16)17)21-6-2-3-8(14)7(13)4-6/h2-5H,1H3,(H,18,19,20). The summed E-state index contributed by atoms with van der Waals surface area (Å²) in [4.78, 5) is 6.55. The number of benzene rings is 1. The third-order valence-electron chi connectivity index (χ3n) is 2.33. The van der Waals surface area contributed by atoms with Crippen molar-refractivity contribution in [3.05, 3.63) is 40.9 Å². The SMILES string of the molecule is CNc1cc(Oc2ccc(F)c(Cl)c2)nc(C(F)(F)F)n1. The third kappa shape index (κ3) is 3.72. The molecule has 1 aromatic carbocycles. The van der Waals surface area contributed by atoms with Crippen molar-refractivity contribution in [2.75, 3.05) is 12.4 Å². The normalized spacial score (nSPS) is 11.3. The Balaban J connectivity index is 2.36. The molecule has 0 saturated heterocycles. The molecular formula is C12H8ClF4N3O. The Morgan fingerprint density at radius 1 is 1.19 bits per heavy atom. The van der Waals surface area contributed by atoms with Gasteiger partial charge >= 0.3 is 6.18 Å². The lowest BCUT2D eigenvalue weighted by Crippen LogP contribution is -2.12. The van der Waals surface area contributed by atoms with Crippen LogP contribution in [0, 0.1) is 5.82 Å². The number of hydrogen-bond acceptors (Lipinski definition) is 4. The van der Waals surface area contributed by atoms with Crippen LogP contribution in [0.2, 0.25) is 5.02 Å². The highest BCUT2D eigenvalue weighted by Gasteiger charge is 2.35. The molecule has 0 aliphatic rings. The van der Waals surface area contributed by atoms with Crippen molar-refractivity contribution in [2.45, 2.75) is 6.18 Å². The van der Waals surface area contributed by atoms with E-state index >= 15 is 0 Å². The quantitative estimate of drug-likeness (QED) is 0.864. The minimum Gasteiger partial charge on any atom is -0.439 e. The number of anilines is 1. The molecule has 0 amide bonds. The molecule has 0 radical (unpaired) electrons. The van der Waals surface area contributed by atoms with E-state index in [9.17, 15) is 17.6 Å². The van der Waals surface area contributed by atoms with Crippen LogP contribution in [0.15, 0.2) is 24.3 Å². The zero-order chi connectivity index (χ0) is 15.6. The molecule has 21 heavy (non-hydrogen) atoms. The molecular weight excluding hydrogens is 314 g/mol. The monoisotopic (exact) mass is 321 g/mol. The molecule has 112 valence electrons. The van der Waals surface area contributed by atoms with E-state index in [1.165, 1.54) is 19.2 Å². The molecule has 0 bridgehead atoms. The lowest BCUT2D eigenvalue weighted by molar-refractivity contribution is -0.145. The summed E-state index contributed by atoms with van der Waals surface area (Å²) in [5, 5.41) is 2.25. The summed E-state index contributed by atoms with van der Waals surface area (Å²) in [5.41, 5.74) is 0. The largest absolute Gasteiger partial charge is 0.451 e. The van der Waals surface area contributed by atoms with Gasteiger partial charge in [0.25, 0.3) is 0 Å². The zero-order valence-electron chi connectivity index (χ0n) is 10.5. The fourth-order valence-corrected chi connectivity index (χ4v) is 1.56. The first-order valence-corrected chi connectivity index (χ1v) is 5.94. The molecule has 0 unspecified atom stereocenters. The van der Waals surface area contributed by atoms with Crippen LogP contribution in [-0.2, 0) is 6.18 Å². The van der Waals surface area contributed by atoms with Gasteiger partial charge in [0.2, 0.25) is 11.7 Å². The number of nitrogens with one attached hydrogen (secondary N) is 1. The highest BCUT2D eigenvalue weighted by molar-refractivity contribution is 6.30. The second-order valence-corrected chi connectivity index (χ2v) is 4.25. The minimum atomic E-state index is -4.72. The average Bonchev–Trinajstić information content (AvgIpc) is 2.41. The molecule has 9 heteroatoms.